The third-order valence-corrected chi connectivity index (χ3v) is 10.3. The Kier molecular flexibility index (Phi) is 8.43. The van der Waals surface area contributed by atoms with Crippen molar-refractivity contribution in [2.24, 2.45) is 0 Å². The van der Waals surface area contributed by atoms with E-state index in [2.05, 4.69) is 40.8 Å². The highest BCUT2D eigenvalue weighted by Gasteiger charge is 2.39. The van der Waals surface area contributed by atoms with Gasteiger partial charge in [-0.2, -0.15) is 0 Å². The van der Waals surface area contributed by atoms with Gasteiger partial charge in [-0.25, -0.2) is 0 Å². The lowest BCUT2D eigenvalue weighted by Crippen LogP contribution is -2.45. The largest absolute Gasteiger partial charge is 0.414 e. The Morgan fingerprint density at radius 3 is 2.50 bits per heavy atom. The molecule has 1 amide bonds. The van der Waals surface area contributed by atoms with Gasteiger partial charge >= 0.3 is 0 Å². The molecule has 4 nitrogen and oxygen atoms in total. The first kappa shape index (κ1) is 21.6. The molecule has 0 aromatic heterocycles. The predicted molar refractivity (Wildman–Crippen MR) is 103 cm³/mol. The molecule has 0 saturated carbocycles. The molecule has 1 heterocycles. The van der Waals surface area contributed by atoms with Crippen molar-refractivity contribution in [3.63, 3.8) is 0 Å². The third kappa shape index (κ3) is 6.16. The molecule has 0 aromatic carbocycles. The van der Waals surface area contributed by atoms with Crippen LogP contribution in [0.25, 0.3) is 0 Å². The van der Waals surface area contributed by atoms with Crippen molar-refractivity contribution in [3.05, 3.63) is 0 Å². The van der Waals surface area contributed by atoms with Gasteiger partial charge in [-0.1, -0.05) is 47.0 Å². The van der Waals surface area contributed by atoms with E-state index in [1.165, 1.54) is 19.3 Å². The number of rotatable bonds is 10. The van der Waals surface area contributed by atoms with Crippen LogP contribution in [-0.4, -0.2) is 49.5 Å². The molecule has 142 valence electrons. The summed E-state index contributed by atoms with van der Waals surface area (Å²) < 4.78 is 6.65. The van der Waals surface area contributed by atoms with Crippen molar-refractivity contribution in [2.45, 2.75) is 103 Å². The summed E-state index contributed by atoms with van der Waals surface area (Å²) in [7, 11) is -1.80. The number of aliphatic hydroxyl groups is 1. The molecule has 0 aliphatic carbocycles. The van der Waals surface area contributed by atoms with Crippen molar-refractivity contribution in [2.75, 3.05) is 13.2 Å². The molecule has 1 aliphatic rings. The van der Waals surface area contributed by atoms with Crippen LogP contribution in [0.2, 0.25) is 18.1 Å². The predicted octanol–water partition coefficient (Wildman–Crippen LogP) is 4.33. The van der Waals surface area contributed by atoms with Gasteiger partial charge in [0.2, 0.25) is 5.91 Å². The molecule has 1 rings (SSSR count). The van der Waals surface area contributed by atoms with E-state index in [-0.39, 0.29) is 29.7 Å². The number of hydrogen-bond acceptors (Lipinski definition) is 3. The van der Waals surface area contributed by atoms with Crippen LogP contribution < -0.4 is 0 Å². The molecule has 1 aliphatic heterocycles. The fraction of sp³-hybridized carbons (Fsp3) is 0.947. The summed E-state index contributed by atoms with van der Waals surface area (Å²) in [5.74, 6) is 0.189. The number of carbonyl (C=O) groups is 1. The van der Waals surface area contributed by atoms with Crippen LogP contribution in [0.3, 0.4) is 0 Å². The first-order valence-electron chi connectivity index (χ1n) is 9.70. The lowest BCUT2D eigenvalue weighted by atomic mass is 10.1. The Bertz CT molecular complexity index is 393. The van der Waals surface area contributed by atoms with Gasteiger partial charge < -0.3 is 14.4 Å². The number of likely N-dealkylation sites (tertiary alicyclic amines) is 1. The van der Waals surface area contributed by atoms with Crippen LogP contribution in [-0.2, 0) is 9.22 Å². The van der Waals surface area contributed by atoms with E-state index in [9.17, 15) is 9.90 Å². The standard InChI is InChI=1S/C19H39NO3Si/c1-7-8-9-10-17(23-24(5,6)19(2,3)4)13-14-20-16(15-21)11-12-18(20)22/h16-17,21H,7-15H2,1-6H3/t16?,17-/m0/s1. The molecule has 1 saturated heterocycles. The smallest absolute Gasteiger partial charge is 0.222 e. The number of carbonyl (C=O) groups excluding carboxylic acids is 1. The van der Waals surface area contributed by atoms with Crippen LogP contribution >= 0.6 is 0 Å². The second kappa shape index (κ2) is 9.34. The highest BCUT2D eigenvalue weighted by molar-refractivity contribution is 6.74. The zero-order chi connectivity index (χ0) is 18.4. The highest BCUT2D eigenvalue weighted by Crippen LogP contribution is 2.38. The van der Waals surface area contributed by atoms with Crippen LogP contribution in [0.1, 0.15) is 72.6 Å². The molecular weight excluding hydrogens is 318 g/mol. The van der Waals surface area contributed by atoms with Gasteiger partial charge in [-0.3, -0.25) is 4.79 Å². The number of amides is 1. The Balaban J connectivity index is 2.66. The first-order valence-corrected chi connectivity index (χ1v) is 12.6. The van der Waals surface area contributed by atoms with Crippen molar-refractivity contribution in [1.29, 1.82) is 0 Å². The first-order chi connectivity index (χ1) is 11.1. The molecule has 2 atom stereocenters. The van der Waals surface area contributed by atoms with Crippen LogP contribution in [0.4, 0.5) is 0 Å². The molecular formula is C19H39NO3Si. The zero-order valence-electron chi connectivity index (χ0n) is 16.7. The van der Waals surface area contributed by atoms with Gasteiger partial charge in [0.1, 0.15) is 0 Å². The number of nitrogens with zero attached hydrogens (tertiary/aromatic N) is 1. The van der Waals surface area contributed by atoms with Crippen LogP contribution in [0, 0.1) is 0 Å². The van der Waals surface area contributed by atoms with E-state index in [0.29, 0.717) is 6.42 Å². The topological polar surface area (TPSA) is 49.8 Å². The zero-order valence-corrected chi connectivity index (χ0v) is 17.7. The number of hydrogen-bond donors (Lipinski definition) is 1. The van der Waals surface area contributed by atoms with Gasteiger partial charge in [0.25, 0.3) is 0 Å². The van der Waals surface area contributed by atoms with Gasteiger partial charge in [0, 0.05) is 19.1 Å². The molecule has 0 aromatic rings. The normalized spacial score (nSPS) is 20.7. The van der Waals surface area contributed by atoms with Gasteiger partial charge in [0.05, 0.1) is 12.6 Å². The van der Waals surface area contributed by atoms with E-state index < -0.39 is 8.32 Å². The minimum Gasteiger partial charge on any atom is -0.414 e. The quantitative estimate of drug-likeness (QED) is 0.467. The molecule has 1 fully saturated rings. The third-order valence-electron chi connectivity index (χ3n) is 5.75. The summed E-state index contributed by atoms with van der Waals surface area (Å²) in [6, 6.07) is 0.0154. The summed E-state index contributed by atoms with van der Waals surface area (Å²) in [5.41, 5.74) is 0. The van der Waals surface area contributed by atoms with E-state index in [1.807, 2.05) is 4.90 Å². The fourth-order valence-electron chi connectivity index (χ4n) is 3.05. The molecule has 0 bridgehead atoms. The average Bonchev–Trinajstić information content (AvgIpc) is 2.83. The maximum absolute atomic E-state index is 12.0. The minimum atomic E-state index is -1.80. The monoisotopic (exact) mass is 357 g/mol. The molecule has 24 heavy (non-hydrogen) atoms. The van der Waals surface area contributed by atoms with E-state index in [1.54, 1.807) is 0 Å². The number of unbranched alkanes of at least 4 members (excludes halogenated alkanes) is 2. The Morgan fingerprint density at radius 1 is 1.29 bits per heavy atom. The average molecular weight is 358 g/mol. The van der Waals surface area contributed by atoms with Crippen molar-refractivity contribution >= 4 is 14.2 Å². The van der Waals surface area contributed by atoms with Crippen molar-refractivity contribution < 1.29 is 14.3 Å². The summed E-state index contributed by atoms with van der Waals surface area (Å²) in [6.07, 6.45) is 7.19. The van der Waals surface area contributed by atoms with Crippen molar-refractivity contribution in [1.82, 2.24) is 4.90 Å². The van der Waals surface area contributed by atoms with E-state index >= 15 is 0 Å². The van der Waals surface area contributed by atoms with Gasteiger partial charge in [0.15, 0.2) is 8.32 Å². The lowest BCUT2D eigenvalue weighted by molar-refractivity contribution is -0.129. The maximum Gasteiger partial charge on any atom is 0.222 e. The molecule has 1 unspecified atom stereocenters. The highest BCUT2D eigenvalue weighted by atomic mass is 28.4. The minimum absolute atomic E-state index is 0.0154. The van der Waals surface area contributed by atoms with Crippen LogP contribution in [0.5, 0.6) is 0 Å². The fourth-order valence-corrected chi connectivity index (χ4v) is 4.47. The van der Waals surface area contributed by atoms with E-state index in [0.717, 1.165) is 25.8 Å². The molecule has 1 N–H and O–H groups in total. The second-order valence-corrected chi connectivity index (χ2v) is 13.5. The summed E-state index contributed by atoms with van der Waals surface area (Å²) in [6.45, 7) is 14.4. The van der Waals surface area contributed by atoms with Gasteiger partial charge in [-0.05, 0) is 37.4 Å². The maximum atomic E-state index is 12.0. The summed E-state index contributed by atoms with van der Waals surface area (Å²) >= 11 is 0. The van der Waals surface area contributed by atoms with Crippen LogP contribution in [0.15, 0.2) is 0 Å². The summed E-state index contributed by atoms with van der Waals surface area (Å²) in [4.78, 5) is 13.9. The van der Waals surface area contributed by atoms with Gasteiger partial charge in [-0.15, -0.1) is 0 Å². The second-order valence-electron chi connectivity index (χ2n) is 8.75. The van der Waals surface area contributed by atoms with Crippen molar-refractivity contribution in [3.8, 4) is 0 Å². The molecule has 0 spiro atoms. The Labute approximate surface area is 150 Å². The van der Waals surface area contributed by atoms with E-state index in [4.69, 9.17) is 4.43 Å². The SMILES string of the molecule is CCCCC[C@@H](CCN1C(=O)CCC1CO)O[Si](C)(C)C(C)(C)C. The Hall–Kier alpha value is -0.393. The Morgan fingerprint density at radius 2 is 1.96 bits per heavy atom. The number of aliphatic hydroxyl groups excluding tert-OH is 1. The molecule has 5 heteroatoms. The molecule has 0 radical (unpaired) electrons. The lowest BCUT2D eigenvalue weighted by Gasteiger charge is -2.40. The summed E-state index contributed by atoms with van der Waals surface area (Å²) in [5, 5.41) is 9.67.